The molecule has 0 atom stereocenters. The summed E-state index contributed by atoms with van der Waals surface area (Å²) in [4.78, 5) is 25.4. The summed E-state index contributed by atoms with van der Waals surface area (Å²) in [5.74, 6) is 2.44. The number of aromatic nitrogens is 3. The van der Waals surface area contributed by atoms with Crippen LogP contribution in [0, 0.1) is 6.92 Å². The Bertz CT molecular complexity index is 1780. The summed E-state index contributed by atoms with van der Waals surface area (Å²) in [6.07, 6.45) is 27.6. The van der Waals surface area contributed by atoms with E-state index >= 15 is 0 Å². The summed E-state index contributed by atoms with van der Waals surface area (Å²) < 4.78 is 0. The van der Waals surface area contributed by atoms with Gasteiger partial charge in [-0.15, -0.1) is 0 Å². The quantitative estimate of drug-likeness (QED) is 0.0673. The highest BCUT2D eigenvalue weighted by Gasteiger charge is 2.43. The summed E-state index contributed by atoms with van der Waals surface area (Å²) in [5, 5.41) is 19.1. The molecule has 5 aliphatic rings. The van der Waals surface area contributed by atoms with E-state index in [0.717, 1.165) is 49.6 Å². The first-order valence-electron chi connectivity index (χ1n) is 31.2. The standard InChI is InChI=1S/C35H66N8.C28H58N4/c1-26-36-30(38-27-18-14-13-15-19-27)39-31(37-26)43(29-24-34(6,7)41-35(8,9)25-29)21-17-12-11-16-20-42(10)28-22-32(2,3)40-33(4,5)23-28;1-11-16-32(24-21-27(6,7)30-28(8,9)22-24)18-15-13-12-14-17-31(10)23-19-25(2,3)29-26(4,5)20-23/h27-29,40-41H,11-25H2,1-10H3,(H,36,37,38,39);23-24,29-30H,11-22H2,1-10H3. The Balaban J connectivity index is 0.000000290. The second-order valence-electron chi connectivity index (χ2n) is 30.8. The fraction of sp³-hybridized carbons (Fsp3) is 0.952. The Labute approximate surface area is 464 Å². The van der Waals surface area contributed by atoms with Crippen molar-refractivity contribution in [3.8, 4) is 0 Å². The molecule has 0 radical (unpaired) electrons. The van der Waals surface area contributed by atoms with Gasteiger partial charge in [0.15, 0.2) is 0 Å². The van der Waals surface area contributed by atoms with E-state index in [-0.39, 0.29) is 44.3 Å². The van der Waals surface area contributed by atoms with Gasteiger partial charge in [-0.3, -0.25) is 0 Å². The van der Waals surface area contributed by atoms with Crippen LogP contribution >= 0.6 is 0 Å². The van der Waals surface area contributed by atoms with Crippen molar-refractivity contribution in [1.82, 2.24) is 50.9 Å². The second-order valence-corrected chi connectivity index (χ2v) is 30.8. The molecular formula is C63H124N12. The molecule has 12 nitrogen and oxygen atoms in total. The van der Waals surface area contributed by atoms with Crippen LogP contribution in [0.3, 0.4) is 0 Å². The molecule has 5 N–H and O–H groups in total. The largest absolute Gasteiger partial charge is 0.351 e. The van der Waals surface area contributed by atoms with Crippen molar-refractivity contribution < 1.29 is 0 Å². The fourth-order valence-electron chi connectivity index (χ4n) is 15.9. The molecule has 4 saturated heterocycles. The summed E-state index contributed by atoms with van der Waals surface area (Å²) in [5.41, 5.74) is 1.47. The van der Waals surface area contributed by atoms with E-state index in [9.17, 15) is 0 Å². The average molecular weight is 1050 g/mol. The fourth-order valence-corrected chi connectivity index (χ4v) is 15.9. The van der Waals surface area contributed by atoms with Gasteiger partial charge in [0.25, 0.3) is 0 Å². The Morgan fingerprint density at radius 3 is 1.19 bits per heavy atom. The van der Waals surface area contributed by atoms with E-state index in [1.54, 1.807) is 0 Å². The molecule has 1 aromatic rings. The van der Waals surface area contributed by atoms with Gasteiger partial charge in [0.1, 0.15) is 5.82 Å². The van der Waals surface area contributed by atoms with Gasteiger partial charge >= 0.3 is 0 Å². The number of piperidine rings is 4. The molecule has 6 rings (SSSR count). The van der Waals surface area contributed by atoms with E-state index in [1.165, 1.54) is 148 Å². The SMILES string of the molecule is CCCN(CCCCCCN(C)C1CC(C)(C)NC(C)(C)C1)C1CC(C)(C)NC(C)(C)C1.Cc1nc(NC2CCCCC2)nc(N(CCCCCCN(C)C2CC(C)(C)NC(C)(C)C2)C2CC(C)(C)NC(C)(C)C2)n1. The van der Waals surface area contributed by atoms with Crippen LogP contribution in [0.15, 0.2) is 0 Å². The van der Waals surface area contributed by atoms with Crippen molar-refractivity contribution in [2.75, 3.05) is 57.0 Å². The molecule has 1 saturated carbocycles. The molecule has 5 fully saturated rings. The number of anilines is 2. The Kier molecular flexibility index (Phi) is 22.9. The van der Waals surface area contributed by atoms with Crippen LogP contribution in [0.25, 0.3) is 0 Å². The van der Waals surface area contributed by atoms with Gasteiger partial charge in [-0.2, -0.15) is 15.0 Å². The lowest BCUT2D eigenvalue weighted by molar-refractivity contribution is 0.0644. The van der Waals surface area contributed by atoms with Crippen molar-refractivity contribution in [3.05, 3.63) is 5.82 Å². The lowest BCUT2D eigenvalue weighted by atomic mass is 9.79. The third-order valence-electron chi connectivity index (χ3n) is 17.7. The Morgan fingerprint density at radius 1 is 0.427 bits per heavy atom. The third-order valence-corrected chi connectivity index (χ3v) is 17.7. The van der Waals surface area contributed by atoms with Gasteiger partial charge in [0, 0.05) is 81.1 Å². The minimum Gasteiger partial charge on any atom is -0.351 e. The van der Waals surface area contributed by atoms with Crippen molar-refractivity contribution in [2.45, 2.75) is 340 Å². The number of aryl methyl sites for hydroxylation is 1. The maximum atomic E-state index is 5.07. The first-order valence-corrected chi connectivity index (χ1v) is 31.2. The first kappa shape index (κ1) is 64.2. The van der Waals surface area contributed by atoms with E-state index in [0.29, 0.717) is 24.2 Å². The van der Waals surface area contributed by atoms with Crippen LogP contribution < -0.4 is 31.5 Å². The van der Waals surface area contributed by atoms with Crippen LogP contribution in [-0.4, -0.2) is 151 Å². The van der Waals surface area contributed by atoms with Crippen molar-refractivity contribution in [3.63, 3.8) is 0 Å². The molecule has 1 aromatic heterocycles. The Hall–Kier alpha value is -1.67. The molecule has 1 aliphatic carbocycles. The average Bonchev–Trinajstić information content (AvgIpc) is 3.22. The lowest BCUT2D eigenvalue weighted by Gasteiger charge is -2.50. The summed E-state index contributed by atoms with van der Waals surface area (Å²) in [6, 6.07) is 2.95. The second kappa shape index (κ2) is 26.7. The molecule has 0 amide bonds. The molecule has 0 aromatic carbocycles. The third kappa shape index (κ3) is 22.1. The van der Waals surface area contributed by atoms with Crippen molar-refractivity contribution in [1.29, 1.82) is 0 Å². The molecule has 436 valence electrons. The van der Waals surface area contributed by atoms with E-state index in [2.05, 4.69) is 178 Å². The number of nitrogens with zero attached hydrogens (tertiary/aromatic N) is 7. The molecule has 0 spiro atoms. The maximum Gasteiger partial charge on any atom is 0.230 e. The van der Waals surface area contributed by atoms with Crippen molar-refractivity contribution >= 4 is 11.9 Å². The molecule has 75 heavy (non-hydrogen) atoms. The van der Waals surface area contributed by atoms with Gasteiger partial charge in [-0.05, 0) is 254 Å². The van der Waals surface area contributed by atoms with Crippen LogP contribution in [0.5, 0.6) is 0 Å². The number of hydrogen-bond donors (Lipinski definition) is 5. The van der Waals surface area contributed by atoms with Crippen LogP contribution in [0.4, 0.5) is 11.9 Å². The lowest BCUT2D eigenvalue weighted by Crippen LogP contribution is -2.62. The maximum absolute atomic E-state index is 5.07. The monoisotopic (exact) mass is 1050 g/mol. The van der Waals surface area contributed by atoms with Gasteiger partial charge in [0.05, 0.1) is 0 Å². The predicted molar refractivity (Wildman–Crippen MR) is 324 cm³/mol. The molecule has 12 heteroatoms. The normalized spacial score (nSPS) is 24.8. The summed E-state index contributed by atoms with van der Waals surface area (Å²) in [6.45, 7) is 48.1. The van der Waals surface area contributed by atoms with Crippen LogP contribution in [-0.2, 0) is 0 Å². The van der Waals surface area contributed by atoms with Gasteiger partial charge < -0.3 is 46.2 Å². The van der Waals surface area contributed by atoms with Gasteiger partial charge in [-0.1, -0.05) is 51.9 Å². The zero-order valence-corrected chi connectivity index (χ0v) is 53.1. The molecule has 0 unspecified atom stereocenters. The Morgan fingerprint density at radius 2 is 0.787 bits per heavy atom. The molecule has 5 heterocycles. The van der Waals surface area contributed by atoms with Crippen LogP contribution in [0.1, 0.15) is 265 Å². The molecule has 4 aliphatic heterocycles. The topological polar surface area (TPSA) is 112 Å². The minimum atomic E-state index is 0.0677. The smallest absolute Gasteiger partial charge is 0.230 e. The molecule has 0 bridgehead atoms. The number of hydrogen-bond acceptors (Lipinski definition) is 12. The van der Waals surface area contributed by atoms with Crippen LogP contribution in [0.2, 0.25) is 0 Å². The first-order chi connectivity index (χ1) is 34.7. The number of rotatable bonds is 23. The predicted octanol–water partition coefficient (Wildman–Crippen LogP) is 12.7. The van der Waals surface area contributed by atoms with E-state index in [4.69, 9.17) is 15.0 Å². The zero-order chi connectivity index (χ0) is 55.7. The highest BCUT2D eigenvalue weighted by atomic mass is 15.3. The number of nitrogens with one attached hydrogen (secondary N) is 5. The molecular weight excluding hydrogens is 925 g/mol. The van der Waals surface area contributed by atoms with Gasteiger partial charge in [0.2, 0.25) is 11.9 Å². The van der Waals surface area contributed by atoms with E-state index in [1.807, 2.05) is 6.92 Å². The number of unbranched alkanes of at least 4 members (excludes halogenated alkanes) is 6. The summed E-state index contributed by atoms with van der Waals surface area (Å²) in [7, 11) is 4.69. The minimum absolute atomic E-state index is 0.0677. The summed E-state index contributed by atoms with van der Waals surface area (Å²) >= 11 is 0. The van der Waals surface area contributed by atoms with Crippen molar-refractivity contribution in [2.24, 2.45) is 0 Å². The van der Waals surface area contributed by atoms with Gasteiger partial charge in [-0.25, -0.2) is 0 Å². The van der Waals surface area contributed by atoms with E-state index < -0.39 is 0 Å². The zero-order valence-electron chi connectivity index (χ0n) is 53.1. The highest BCUT2D eigenvalue weighted by Crippen LogP contribution is 2.36. The highest BCUT2D eigenvalue weighted by molar-refractivity contribution is 5.39.